The first-order valence-electron chi connectivity index (χ1n) is 6.54. The third-order valence-electron chi connectivity index (χ3n) is 3.87. The molecule has 0 aromatic heterocycles. The van der Waals surface area contributed by atoms with E-state index in [4.69, 9.17) is 11.1 Å². The topological polar surface area (TPSA) is 56.4 Å². The van der Waals surface area contributed by atoms with Crippen molar-refractivity contribution in [2.75, 3.05) is 32.1 Å². The van der Waals surface area contributed by atoms with E-state index in [-0.39, 0.29) is 5.84 Å². The molecule has 0 bridgehead atoms. The monoisotopic (exact) mass is 324 g/mol. The lowest BCUT2D eigenvalue weighted by Crippen LogP contribution is -2.42. The molecular formula is C14H21BrN4. The predicted molar refractivity (Wildman–Crippen MR) is 84.1 cm³/mol. The van der Waals surface area contributed by atoms with E-state index in [0.29, 0.717) is 6.04 Å². The van der Waals surface area contributed by atoms with Crippen molar-refractivity contribution in [2.24, 2.45) is 5.73 Å². The molecule has 1 heterocycles. The van der Waals surface area contributed by atoms with E-state index in [1.807, 2.05) is 18.2 Å². The van der Waals surface area contributed by atoms with Gasteiger partial charge in [-0.05, 0) is 67.1 Å². The van der Waals surface area contributed by atoms with Crippen molar-refractivity contribution in [1.82, 2.24) is 4.90 Å². The van der Waals surface area contributed by atoms with Gasteiger partial charge in [0.2, 0.25) is 0 Å². The number of nitrogen functional groups attached to an aromatic ring is 1. The first-order chi connectivity index (χ1) is 8.99. The van der Waals surface area contributed by atoms with Gasteiger partial charge in [0.15, 0.2) is 0 Å². The number of nitrogens with two attached hydrogens (primary N) is 1. The Balaban J connectivity index is 2.15. The lowest BCUT2D eigenvalue weighted by molar-refractivity contribution is 0.253. The number of likely N-dealkylation sites (tertiary alicyclic amines) is 1. The predicted octanol–water partition coefficient (Wildman–Crippen LogP) is 2.26. The Kier molecular flexibility index (Phi) is 4.47. The van der Waals surface area contributed by atoms with Crippen LogP contribution in [0.4, 0.5) is 5.69 Å². The van der Waals surface area contributed by atoms with Crippen LogP contribution >= 0.6 is 15.9 Å². The number of nitrogens with one attached hydrogen (secondary N) is 1. The normalized spacial score (nSPS) is 17.4. The fraction of sp³-hybridized carbons (Fsp3) is 0.500. The van der Waals surface area contributed by atoms with Gasteiger partial charge in [0.1, 0.15) is 5.84 Å². The summed E-state index contributed by atoms with van der Waals surface area (Å²) in [5.74, 6) is 0.106. The fourth-order valence-corrected chi connectivity index (χ4v) is 3.20. The van der Waals surface area contributed by atoms with Crippen LogP contribution in [0.2, 0.25) is 0 Å². The maximum atomic E-state index is 7.47. The Hall–Kier alpha value is -1.07. The number of halogens is 1. The minimum Gasteiger partial charge on any atom is -0.384 e. The highest BCUT2D eigenvalue weighted by Crippen LogP contribution is 2.30. The zero-order valence-corrected chi connectivity index (χ0v) is 13.1. The summed E-state index contributed by atoms with van der Waals surface area (Å²) in [6.07, 6.45) is 2.38. The van der Waals surface area contributed by atoms with Crippen LogP contribution in [0.25, 0.3) is 0 Å². The summed E-state index contributed by atoms with van der Waals surface area (Å²) in [6, 6.07) is 6.45. The number of anilines is 1. The molecule has 1 aliphatic heterocycles. The van der Waals surface area contributed by atoms with Gasteiger partial charge in [-0.25, -0.2) is 0 Å². The third-order valence-corrected chi connectivity index (χ3v) is 4.51. The van der Waals surface area contributed by atoms with Crippen LogP contribution in [0.3, 0.4) is 0 Å². The van der Waals surface area contributed by atoms with Crippen molar-refractivity contribution in [3.05, 3.63) is 28.2 Å². The number of piperidine rings is 1. The quantitative estimate of drug-likeness (QED) is 0.662. The molecule has 0 atom stereocenters. The molecule has 5 heteroatoms. The van der Waals surface area contributed by atoms with Gasteiger partial charge >= 0.3 is 0 Å². The Bertz CT molecular complexity index is 467. The van der Waals surface area contributed by atoms with E-state index in [9.17, 15) is 0 Å². The first-order valence-corrected chi connectivity index (χ1v) is 7.33. The molecule has 0 amide bonds. The summed E-state index contributed by atoms with van der Waals surface area (Å²) in [5.41, 5.74) is 7.43. The minimum atomic E-state index is 0.106. The van der Waals surface area contributed by atoms with Crippen molar-refractivity contribution < 1.29 is 0 Å². The minimum absolute atomic E-state index is 0.106. The Morgan fingerprint density at radius 2 is 2.05 bits per heavy atom. The summed E-state index contributed by atoms with van der Waals surface area (Å²) < 4.78 is 1.00. The van der Waals surface area contributed by atoms with E-state index < -0.39 is 0 Å². The van der Waals surface area contributed by atoms with Crippen LogP contribution in [-0.2, 0) is 0 Å². The van der Waals surface area contributed by atoms with Gasteiger partial charge < -0.3 is 15.5 Å². The lowest BCUT2D eigenvalue weighted by Gasteiger charge is -2.36. The van der Waals surface area contributed by atoms with Crippen molar-refractivity contribution in [3.8, 4) is 0 Å². The van der Waals surface area contributed by atoms with Crippen molar-refractivity contribution >= 4 is 27.5 Å². The van der Waals surface area contributed by atoms with Crippen molar-refractivity contribution in [3.63, 3.8) is 0 Å². The number of rotatable bonds is 3. The SMILES string of the molecule is CN1CCC(N(C)c2ccc(C(=N)N)cc2Br)CC1. The van der Waals surface area contributed by atoms with E-state index >= 15 is 0 Å². The van der Waals surface area contributed by atoms with Crippen LogP contribution in [-0.4, -0.2) is 44.0 Å². The lowest BCUT2D eigenvalue weighted by atomic mass is 10.0. The molecule has 4 nitrogen and oxygen atoms in total. The van der Waals surface area contributed by atoms with Crippen LogP contribution in [0.5, 0.6) is 0 Å². The van der Waals surface area contributed by atoms with Crippen molar-refractivity contribution in [1.29, 1.82) is 5.41 Å². The summed E-state index contributed by atoms with van der Waals surface area (Å²) in [5, 5.41) is 7.47. The zero-order chi connectivity index (χ0) is 14.0. The molecule has 2 rings (SSSR count). The standard InChI is InChI=1S/C14H21BrN4/c1-18-7-5-11(6-8-18)19(2)13-4-3-10(14(16)17)9-12(13)15/h3-4,9,11H,5-8H2,1-2H3,(H3,16,17). The molecule has 19 heavy (non-hydrogen) atoms. The number of amidine groups is 1. The Labute approximate surface area is 123 Å². The average molecular weight is 325 g/mol. The first kappa shape index (κ1) is 14.3. The van der Waals surface area contributed by atoms with Gasteiger partial charge in [-0.1, -0.05) is 0 Å². The maximum absolute atomic E-state index is 7.47. The van der Waals surface area contributed by atoms with Crippen LogP contribution in [0, 0.1) is 5.41 Å². The average Bonchev–Trinajstić information content (AvgIpc) is 2.38. The Morgan fingerprint density at radius 1 is 1.42 bits per heavy atom. The van der Waals surface area contributed by atoms with Crippen LogP contribution in [0.15, 0.2) is 22.7 Å². The van der Waals surface area contributed by atoms with Crippen LogP contribution in [0.1, 0.15) is 18.4 Å². The van der Waals surface area contributed by atoms with Gasteiger partial charge in [-0.2, -0.15) is 0 Å². The highest BCUT2D eigenvalue weighted by Gasteiger charge is 2.22. The Morgan fingerprint density at radius 3 is 2.58 bits per heavy atom. The molecule has 104 valence electrons. The molecule has 1 aromatic rings. The highest BCUT2D eigenvalue weighted by molar-refractivity contribution is 9.10. The molecule has 1 fully saturated rings. The second-order valence-corrected chi connectivity index (χ2v) is 6.08. The van der Waals surface area contributed by atoms with E-state index in [1.165, 1.54) is 18.5 Å². The van der Waals surface area contributed by atoms with Gasteiger partial charge in [0.25, 0.3) is 0 Å². The molecule has 0 saturated carbocycles. The maximum Gasteiger partial charge on any atom is 0.122 e. The summed E-state index contributed by atoms with van der Waals surface area (Å²) in [4.78, 5) is 4.71. The largest absolute Gasteiger partial charge is 0.384 e. The van der Waals surface area contributed by atoms with E-state index in [1.54, 1.807) is 0 Å². The van der Waals surface area contributed by atoms with Gasteiger partial charge in [0.05, 0.1) is 5.69 Å². The van der Waals surface area contributed by atoms with E-state index in [0.717, 1.165) is 23.1 Å². The molecule has 0 aliphatic carbocycles. The fourth-order valence-electron chi connectivity index (χ4n) is 2.54. The second kappa shape index (κ2) is 5.92. The number of benzene rings is 1. The molecule has 0 radical (unpaired) electrons. The van der Waals surface area contributed by atoms with Crippen LogP contribution < -0.4 is 10.6 Å². The third kappa shape index (κ3) is 3.28. The number of hydrogen-bond acceptors (Lipinski definition) is 3. The number of hydrogen-bond donors (Lipinski definition) is 2. The van der Waals surface area contributed by atoms with E-state index in [2.05, 4.69) is 39.8 Å². The molecule has 3 N–H and O–H groups in total. The summed E-state index contributed by atoms with van der Waals surface area (Å²) in [6.45, 7) is 2.30. The van der Waals surface area contributed by atoms with Gasteiger partial charge in [-0.3, -0.25) is 5.41 Å². The molecule has 1 saturated heterocycles. The molecule has 1 aromatic carbocycles. The highest BCUT2D eigenvalue weighted by atomic mass is 79.9. The molecule has 0 spiro atoms. The van der Waals surface area contributed by atoms with Gasteiger partial charge in [-0.15, -0.1) is 0 Å². The molecule has 0 unspecified atom stereocenters. The smallest absolute Gasteiger partial charge is 0.122 e. The summed E-state index contributed by atoms with van der Waals surface area (Å²) >= 11 is 3.59. The number of nitrogens with zero attached hydrogens (tertiary/aromatic N) is 2. The van der Waals surface area contributed by atoms with Crippen molar-refractivity contribution in [2.45, 2.75) is 18.9 Å². The molecular weight excluding hydrogens is 304 g/mol. The zero-order valence-electron chi connectivity index (χ0n) is 11.5. The summed E-state index contributed by atoms with van der Waals surface area (Å²) in [7, 11) is 4.32. The van der Waals surface area contributed by atoms with Gasteiger partial charge in [0, 0.05) is 23.1 Å². The molecule has 1 aliphatic rings. The second-order valence-electron chi connectivity index (χ2n) is 5.23.